The lowest BCUT2D eigenvalue weighted by Gasteiger charge is -2.12. The molecule has 5 nitrogen and oxygen atoms in total. The summed E-state index contributed by atoms with van der Waals surface area (Å²) in [7, 11) is -3.42. The smallest absolute Gasteiger partial charge is 0.250 e. The first-order valence-corrected chi connectivity index (χ1v) is 9.25. The minimum atomic E-state index is -3.42. The Kier molecular flexibility index (Phi) is 7.68. The Balaban J connectivity index is 2.54. The molecule has 1 aromatic rings. The van der Waals surface area contributed by atoms with E-state index in [4.69, 9.17) is 4.74 Å². The van der Waals surface area contributed by atoms with Gasteiger partial charge in [0.1, 0.15) is 4.21 Å². The average molecular weight is 320 g/mol. The maximum absolute atomic E-state index is 12.1. The Bertz CT molecular complexity index is 486. The number of nitrogens with one attached hydrogen (secondary N) is 2. The van der Waals surface area contributed by atoms with Gasteiger partial charge in [-0.2, -0.15) is 0 Å². The van der Waals surface area contributed by atoms with Crippen molar-refractivity contribution in [3.05, 3.63) is 17.0 Å². The van der Waals surface area contributed by atoms with Crippen molar-refractivity contribution < 1.29 is 13.2 Å². The fraction of sp³-hybridized carbons (Fsp3) is 0.692. The summed E-state index contributed by atoms with van der Waals surface area (Å²) in [5, 5.41) is 5.13. The predicted octanol–water partition coefficient (Wildman–Crippen LogP) is 1.95. The summed E-state index contributed by atoms with van der Waals surface area (Å²) >= 11 is 1.25. The summed E-state index contributed by atoms with van der Waals surface area (Å²) in [4.78, 5) is 0. The summed E-state index contributed by atoms with van der Waals surface area (Å²) in [6.07, 6.45) is 0.937. The van der Waals surface area contributed by atoms with Crippen LogP contribution in [0.1, 0.15) is 32.8 Å². The zero-order valence-electron chi connectivity index (χ0n) is 12.3. The second-order valence-corrected chi connectivity index (χ2v) is 7.47. The monoisotopic (exact) mass is 320 g/mol. The van der Waals surface area contributed by atoms with Crippen molar-refractivity contribution in [3.63, 3.8) is 0 Å². The second kappa shape index (κ2) is 8.74. The Morgan fingerprint density at radius 2 is 2.15 bits per heavy atom. The lowest BCUT2D eigenvalue weighted by molar-refractivity contribution is 0.0800. The first kappa shape index (κ1) is 17.6. The SMILES string of the molecule is CCCNCc1csc(S(=O)(=O)NCC(C)OCC)c1. The predicted molar refractivity (Wildman–Crippen MR) is 82.6 cm³/mol. The quantitative estimate of drug-likeness (QED) is 0.647. The first-order valence-electron chi connectivity index (χ1n) is 6.89. The van der Waals surface area contributed by atoms with Crippen molar-refractivity contribution in [1.29, 1.82) is 0 Å². The molecule has 116 valence electrons. The molecule has 0 radical (unpaired) electrons. The normalized spacial score (nSPS) is 13.6. The topological polar surface area (TPSA) is 67.4 Å². The van der Waals surface area contributed by atoms with Gasteiger partial charge in [-0.1, -0.05) is 6.92 Å². The highest BCUT2D eigenvalue weighted by Crippen LogP contribution is 2.20. The molecule has 0 aliphatic heterocycles. The van der Waals surface area contributed by atoms with Crippen LogP contribution in [0, 0.1) is 0 Å². The van der Waals surface area contributed by atoms with Gasteiger partial charge in [0.25, 0.3) is 0 Å². The van der Waals surface area contributed by atoms with Crippen LogP contribution in [0.5, 0.6) is 0 Å². The highest BCUT2D eigenvalue weighted by Gasteiger charge is 2.17. The van der Waals surface area contributed by atoms with E-state index in [0.717, 1.165) is 18.5 Å². The molecular formula is C13H24N2O3S2. The summed E-state index contributed by atoms with van der Waals surface area (Å²) in [5.41, 5.74) is 1.00. The van der Waals surface area contributed by atoms with Crippen LogP contribution in [-0.2, 0) is 21.3 Å². The van der Waals surface area contributed by atoms with Gasteiger partial charge in [0.15, 0.2) is 0 Å². The van der Waals surface area contributed by atoms with Gasteiger partial charge in [-0.15, -0.1) is 11.3 Å². The van der Waals surface area contributed by atoms with Crippen molar-refractivity contribution >= 4 is 21.4 Å². The minimum Gasteiger partial charge on any atom is -0.377 e. The minimum absolute atomic E-state index is 0.125. The fourth-order valence-corrected chi connectivity index (χ4v) is 4.01. The molecule has 0 amide bonds. The van der Waals surface area contributed by atoms with E-state index in [0.29, 0.717) is 17.4 Å². The molecule has 20 heavy (non-hydrogen) atoms. The fourth-order valence-electron chi connectivity index (χ4n) is 1.64. The van der Waals surface area contributed by atoms with E-state index >= 15 is 0 Å². The Morgan fingerprint density at radius 1 is 1.40 bits per heavy atom. The van der Waals surface area contributed by atoms with Crippen LogP contribution in [0.15, 0.2) is 15.7 Å². The Labute approximate surface area is 125 Å². The highest BCUT2D eigenvalue weighted by molar-refractivity contribution is 7.91. The van der Waals surface area contributed by atoms with E-state index < -0.39 is 10.0 Å². The Morgan fingerprint density at radius 3 is 2.80 bits per heavy atom. The lowest BCUT2D eigenvalue weighted by Crippen LogP contribution is -2.31. The van der Waals surface area contributed by atoms with Gasteiger partial charge in [-0.25, -0.2) is 13.1 Å². The molecule has 0 fully saturated rings. The number of hydrogen-bond donors (Lipinski definition) is 2. The molecule has 1 rings (SSSR count). The van der Waals surface area contributed by atoms with E-state index in [1.165, 1.54) is 11.3 Å². The second-order valence-electron chi connectivity index (χ2n) is 4.57. The molecule has 2 N–H and O–H groups in total. The van der Waals surface area contributed by atoms with Crippen LogP contribution in [0.3, 0.4) is 0 Å². The first-order chi connectivity index (χ1) is 9.49. The molecule has 0 saturated heterocycles. The number of rotatable bonds is 10. The van der Waals surface area contributed by atoms with E-state index in [-0.39, 0.29) is 12.6 Å². The number of hydrogen-bond acceptors (Lipinski definition) is 5. The summed E-state index contributed by atoms with van der Waals surface area (Å²) in [6, 6.07) is 1.72. The molecule has 0 aliphatic carbocycles. The van der Waals surface area contributed by atoms with E-state index in [9.17, 15) is 8.42 Å². The largest absolute Gasteiger partial charge is 0.377 e. The van der Waals surface area contributed by atoms with Gasteiger partial charge in [0, 0.05) is 19.7 Å². The molecule has 0 aliphatic rings. The van der Waals surface area contributed by atoms with Crippen molar-refractivity contribution in [2.75, 3.05) is 19.7 Å². The Hall–Kier alpha value is -0.470. The zero-order valence-corrected chi connectivity index (χ0v) is 13.9. The van der Waals surface area contributed by atoms with E-state index in [2.05, 4.69) is 17.0 Å². The molecule has 1 atom stereocenters. The third-order valence-corrected chi connectivity index (χ3v) is 5.57. The molecule has 0 spiro atoms. The summed E-state index contributed by atoms with van der Waals surface area (Å²) in [6.45, 7) is 8.34. The maximum Gasteiger partial charge on any atom is 0.250 e. The van der Waals surface area contributed by atoms with Gasteiger partial charge in [0.2, 0.25) is 10.0 Å². The summed E-state index contributed by atoms with van der Waals surface area (Å²) < 4.78 is 32.5. The summed E-state index contributed by atoms with van der Waals surface area (Å²) in [5.74, 6) is 0. The standard InChI is InChI=1S/C13H24N2O3S2/c1-4-6-14-9-12-7-13(19-10-12)20(16,17)15-8-11(3)18-5-2/h7,10-11,14-15H,4-6,8-9H2,1-3H3. The number of sulfonamides is 1. The van der Waals surface area contributed by atoms with Crippen molar-refractivity contribution in [2.24, 2.45) is 0 Å². The molecule has 0 saturated carbocycles. The van der Waals surface area contributed by atoms with Gasteiger partial charge >= 0.3 is 0 Å². The zero-order chi connectivity index (χ0) is 15.0. The van der Waals surface area contributed by atoms with Gasteiger partial charge < -0.3 is 10.1 Å². The third-order valence-electron chi connectivity index (χ3n) is 2.66. The van der Waals surface area contributed by atoms with Crippen molar-refractivity contribution in [2.45, 2.75) is 44.0 Å². The maximum atomic E-state index is 12.1. The highest BCUT2D eigenvalue weighted by atomic mass is 32.2. The molecule has 0 bridgehead atoms. The van der Waals surface area contributed by atoms with Crippen LogP contribution in [0.4, 0.5) is 0 Å². The molecule has 7 heteroatoms. The molecule has 1 aromatic heterocycles. The van der Waals surface area contributed by atoms with Gasteiger partial charge in [0.05, 0.1) is 6.10 Å². The van der Waals surface area contributed by atoms with Crippen molar-refractivity contribution in [3.8, 4) is 0 Å². The number of ether oxygens (including phenoxy) is 1. The van der Waals surface area contributed by atoms with Crippen LogP contribution in [-0.4, -0.2) is 34.2 Å². The van der Waals surface area contributed by atoms with Gasteiger partial charge in [-0.05, 0) is 43.8 Å². The van der Waals surface area contributed by atoms with Crippen molar-refractivity contribution in [1.82, 2.24) is 10.0 Å². The molecule has 1 unspecified atom stereocenters. The lowest BCUT2D eigenvalue weighted by atomic mass is 10.3. The number of thiophene rings is 1. The molecule has 1 heterocycles. The van der Waals surface area contributed by atoms with E-state index in [1.54, 1.807) is 6.07 Å². The van der Waals surface area contributed by atoms with Crippen LogP contribution in [0.2, 0.25) is 0 Å². The van der Waals surface area contributed by atoms with Crippen LogP contribution >= 0.6 is 11.3 Å². The van der Waals surface area contributed by atoms with Crippen LogP contribution in [0.25, 0.3) is 0 Å². The molecular weight excluding hydrogens is 296 g/mol. The van der Waals surface area contributed by atoms with Crippen LogP contribution < -0.4 is 10.0 Å². The van der Waals surface area contributed by atoms with Gasteiger partial charge in [-0.3, -0.25) is 0 Å². The average Bonchev–Trinajstić information content (AvgIpc) is 2.87. The third kappa shape index (κ3) is 5.88. The van der Waals surface area contributed by atoms with E-state index in [1.807, 2.05) is 19.2 Å². The molecule has 0 aromatic carbocycles.